The number of sulfonamides is 1. The van der Waals surface area contributed by atoms with E-state index in [2.05, 4.69) is 9.82 Å². The molecule has 24 heavy (non-hydrogen) atoms. The summed E-state index contributed by atoms with van der Waals surface area (Å²) in [5.74, 6) is 0.562. The molecular weight excluding hydrogens is 330 g/mol. The lowest BCUT2D eigenvalue weighted by molar-refractivity contribution is 0.473. The average molecular weight is 351 g/mol. The highest BCUT2D eigenvalue weighted by Gasteiger charge is 2.26. The molecule has 7 nitrogen and oxygen atoms in total. The molecule has 0 bridgehead atoms. The molecule has 3 rings (SSSR count). The molecule has 1 aliphatic rings. The van der Waals surface area contributed by atoms with Crippen LogP contribution >= 0.6 is 0 Å². The third-order valence-electron chi connectivity index (χ3n) is 4.26. The van der Waals surface area contributed by atoms with Crippen molar-refractivity contribution in [1.29, 1.82) is 0 Å². The van der Waals surface area contributed by atoms with Gasteiger partial charge in [-0.05, 0) is 31.0 Å². The van der Waals surface area contributed by atoms with E-state index in [-0.39, 0.29) is 23.9 Å². The lowest BCUT2D eigenvalue weighted by Crippen LogP contribution is -2.38. The van der Waals surface area contributed by atoms with Crippen molar-refractivity contribution >= 4 is 10.0 Å². The smallest absolute Gasteiger partial charge is 0.266 e. The van der Waals surface area contributed by atoms with Crippen molar-refractivity contribution < 1.29 is 12.8 Å². The Morgan fingerprint density at radius 1 is 1.21 bits per heavy atom. The van der Waals surface area contributed by atoms with E-state index in [1.165, 1.54) is 17.0 Å². The molecule has 8 heteroatoms. The van der Waals surface area contributed by atoms with Gasteiger partial charge in [0.15, 0.2) is 5.76 Å². The second-order valence-electron chi connectivity index (χ2n) is 5.96. The van der Waals surface area contributed by atoms with Gasteiger partial charge in [-0.1, -0.05) is 19.3 Å². The van der Waals surface area contributed by atoms with Gasteiger partial charge >= 0.3 is 0 Å². The van der Waals surface area contributed by atoms with E-state index in [4.69, 9.17) is 4.42 Å². The summed E-state index contributed by atoms with van der Waals surface area (Å²) in [6, 6.07) is 6.48. The predicted octanol–water partition coefficient (Wildman–Crippen LogP) is 1.76. The predicted molar refractivity (Wildman–Crippen MR) is 90.0 cm³/mol. The maximum absolute atomic E-state index is 12.3. The van der Waals surface area contributed by atoms with Crippen molar-refractivity contribution in [3.63, 3.8) is 0 Å². The van der Waals surface area contributed by atoms with Crippen LogP contribution in [0.1, 0.15) is 32.1 Å². The van der Waals surface area contributed by atoms with Crippen LogP contribution in [-0.4, -0.2) is 30.0 Å². The van der Waals surface area contributed by atoms with Gasteiger partial charge in [0.2, 0.25) is 10.0 Å². The minimum absolute atomic E-state index is 0.146. The highest BCUT2D eigenvalue weighted by molar-refractivity contribution is 7.90. The molecule has 0 aliphatic heterocycles. The van der Waals surface area contributed by atoms with Gasteiger partial charge in [-0.15, -0.1) is 0 Å². The zero-order chi connectivity index (χ0) is 17.0. The summed E-state index contributed by atoms with van der Waals surface area (Å²) >= 11 is 0. The number of nitrogens with zero attached hydrogens (tertiary/aromatic N) is 2. The first-order valence-electron chi connectivity index (χ1n) is 8.17. The van der Waals surface area contributed by atoms with Crippen LogP contribution in [-0.2, 0) is 16.6 Å². The zero-order valence-corrected chi connectivity index (χ0v) is 14.2. The number of hydrogen-bond donors (Lipinski definition) is 1. The number of furan rings is 1. The minimum atomic E-state index is -3.33. The van der Waals surface area contributed by atoms with Crippen LogP contribution in [0.3, 0.4) is 0 Å². The Balaban J connectivity index is 1.64. The highest BCUT2D eigenvalue weighted by Crippen LogP contribution is 2.22. The Morgan fingerprint density at radius 3 is 2.71 bits per heavy atom. The van der Waals surface area contributed by atoms with Gasteiger partial charge in [-0.2, -0.15) is 5.10 Å². The van der Waals surface area contributed by atoms with Gasteiger partial charge in [-0.3, -0.25) is 4.79 Å². The molecule has 130 valence electrons. The number of rotatable bonds is 6. The molecule has 0 aromatic carbocycles. The Labute approximate surface area is 140 Å². The minimum Gasteiger partial charge on any atom is -0.463 e. The van der Waals surface area contributed by atoms with Crippen LogP contribution in [0.5, 0.6) is 0 Å². The Morgan fingerprint density at radius 2 is 2.00 bits per heavy atom. The molecule has 0 amide bonds. The molecular formula is C16H21N3O4S. The van der Waals surface area contributed by atoms with Gasteiger partial charge in [-0.25, -0.2) is 17.8 Å². The second-order valence-corrected chi connectivity index (χ2v) is 8.00. The van der Waals surface area contributed by atoms with Crippen molar-refractivity contribution in [2.24, 2.45) is 0 Å². The summed E-state index contributed by atoms with van der Waals surface area (Å²) in [5, 5.41) is 3.91. The number of nitrogens with one attached hydrogen (secondary N) is 1. The third kappa shape index (κ3) is 3.93. The van der Waals surface area contributed by atoms with E-state index in [0.717, 1.165) is 19.3 Å². The maximum Gasteiger partial charge on any atom is 0.266 e. The van der Waals surface area contributed by atoms with E-state index < -0.39 is 10.0 Å². The molecule has 2 aromatic rings. The summed E-state index contributed by atoms with van der Waals surface area (Å²) in [4.78, 5) is 11.9. The first kappa shape index (κ1) is 16.9. The average Bonchev–Trinajstić information content (AvgIpc) is 3.12. The molecule has 0 unspecified atom stereocenters. The molecule has 1 aliphatic carbocycles. The van der Waals surface area contributed by atoms with Gasteiger partial charge in [0.05, 0.1) is 18.1 Å². The molecule has 1 N–H and O–H groups in total. The fourth-order valence-corrected chi connectivity index (χ4v) is 4.52. The summed E-state index contributed by atoms with van der Waals surface area (Å²) in [5.41, 5.74) is 0.261. The van der Waals surface area contributed by atoms with Gasteiger partial charge in [0, 0.05) is 12.6 Å². The van der Waals surface area contributed by atoms with Crippen molar-refractivity contribution in [3.05, 3.63) is 40.9 Å². The van der Waals surface area contributed by atoms with E-state index >= 15 is 0 Å². The van der Waals surface area contributed by atoms with Crippen molar-refractivity contribution in [3.8, 4) is 11.5 Å². The molecule has 0 radical (unpaired) electrons. The van der Waals surface area contributed by atoms with Crippen molar-refractivity contribution in [2.75, 3.05) is 6.54 Å². The molecule has 2 aromatic heterocycles. The van der Waals surface area contributed by atoms with Crippen molar-refractivity contribution in [1.82, 2.24) is 14.5 Å². The van der Waals surface area contributed by atoms with Crippen LogP contribution in [0.2, 0.25) is 0 Å². The standard InChI is InChI=1S/C16H21N3O4S/c20-16-9-8-14(15-7-4-12-23-15)18-19(16)11-10-17-24(21,22)13-5-2-1-3-6-13/h4,7-9,12-13,17H,1-3,5-6,10-11H2. The van der Waals surface area contributed by atoms with Crippen LogP contribution < -0.4 is 10.3 Å². The van der Waals surface area contributed by atoms with Crippen LogP contribution in [0, 0.1) is 0 Å². The van der Waals surface area contributed by atoms with Crippen LogP contribution in [0.15, 0.2) is 39.7 Å². The lowest BCUT2D eigenvalue weighted by Gasteiger charge is -2.22. The monoisotopic (exact) mass is 351 g/mol. The summed E-state index contributed by atoms with van der Waals surface area (Å²) < 4.78 is 33.7. The van der Waals surface area contributed by atoms with E-state index in [1.54, 1.807) is 18.2 Å². The SMILES string of the molecule is O=c1ccc(-c2ccco2)nn1CCNS(=O)(=O)C1CCCCC1. The Bertz CT molecular complexity index is 821. The topological polar surface area (TPSA) is 94.2 Å². The second kappa shape index (κ2) is 7.31. The Kier molecular flexibility index (Phi) is 5.15. The number of hydrogen-bond acceptors (Lipinski definition) is 5. The van der Waals surface area contributed by atoms with E-state index in [1.807, 2.05) is 0 Å². The van der Waals surface area contributed by atoms with Gasteiger partial charge in [0.25, 0.3) is 5.56 Å². The fourth-order valence-electron chi connectivity index (χ4n) is 2.95. The maximum atomic E-state index is 12.3. The lowest BCUT2D eigenvalue weighted by atomic mass is 10.0. The fraction of sp³-hybridized carbons (Fsp3) is 0.500. The number of aromatic nitrogens is 2. The molecule has 0 saturated heterocycles. The molecule has 1 fully saturated rings. The van der Waals surface area contributed by atoms with Gasteiger partial charge in [0.1, 0.15) is 5.69 Å². The molecule has 0 atom stereocenters. The van der Waals surface area contributed by atoms with Crippen LogP contribution in [0.4, 0.5) is 0 Å². The largest absolute Gasteiger partial charge is 0.463 e. The summed E-state index contributed by atoms with van der Waals surface area (Å²) in [7, 11) is -3.33. The van der Waals surface area contributed by atoms with Gasteiger partial charge < -0.3 is 4.42 Å². The normalized spacial score (nSPS) is 16.3. The first-order chi connectivity index (χ1) is 11.6. The van der Waals surface area contributed by atoms with Crippen LogP contribution in [0.25, 0.3) is 11.5 Å². The third-order valence-corrected chi connectivity index (χ3v) is 6.21. The zero-order valence-electron chi connectivity index (χ0n) is 13.3. The first-order valence-corrected chi connectivity index (χ1v) is 9.71. The van der Waals surface area contributed by atoms with Crippen molar-refractivity contribution in [2.45, 2.75) is 43.9 Å². The quantitative estimate of drug-likeness (QED) is 0.856. The summed E-state index contributed by atoms with van der Waals surface area (Å²) in [6.07, 6.45) is 5.97. The Hall–Kier alpha value is -1.93. The summed E-state index contributed by atoms with van der Waals surface area (Å²) in [6.45, 7) is 0.326. The van der Waals surface area contributed by atoms with E-state index in [0.29, 0.717) is 24.3 Å². The highest BCUT2D eigenvalue weighted by atomic mass is 32.2. The van der Waals surface area contributed by atoms with E-state index in [9.17, 15) is 13.2 Å². The molecule has 0 spiro atoms. The molecule has 2 heterocycles. The molecule has 1 saturated carbocycles.